The van der Waals surface area contributed by atoms with Gasteiger partial charge in [-0.15, -0.1) is 0 Å². The van der Waals surface area contributed by atoms with Crippen LogP contribution in [0.4, 0.5) is 11.5 Å². The van der Waals surface area contributed by atoms with Gasteiger partial charge in [0.05, 0.1) is 0 Å². The van der Waals surface area contributed by atoms with Gasteiger partial charge in [0.1, 0.15) is 17.8 Å². The summed E-state index contributed by atoms with van der Waals surface area (Å²) < 4.78 is 0.997. The molecule has 0 aliphatic heterocycles. The van der Waals surface area contributed by atoms with Crippen LogP contribution in [0.25, 0.3) is 0 Å². The van der Waals surface area contributed by atoms with E-state index >= 15 is 0 Å². The van der Waals surface area contributed by atoms with Gasteiger partial charge in [-0.1, -0.05) is 45.8 Å². The molecule has 0 radical (unpaired) electrons. The fourth-order valence-corrected chi connectivity index (χ4v) is 2.47. The van der Waals surface area contributed by atoms with Gasteiger partial charge in [-0.3, -0.25) is 4.79 Å². The van der Waals surface area contributed by atoms with Gasteiger partial charge in [-0.25, -0.2) is 9.97 Å². The van der Waals surface area contributed by atoms with Crippen LogP contribution < -0.4 is 10.6 Å². The Morgan fingerprint density at radius 2 is 1.76 bits per heavy atom. The molecule has 0 spiro atoms. The van der Waals surface area contributed by atoms with E-state index < -0.39 is 0 Å². The molecule has 0 saturated carbocycles. The van der Waals surface area contributed by atoms with Crippen LogP contribution in [0, 0.1) is 6.92 Å². The van der Waals surface area contributed by atoms with Crippen LogP contribution in [0.5, 0.6) is 0 Å². The van der Waals surface area contributed by atoms with Crippen molar-refractivity contribution in [3.8, 4) is 0 Å². The van der Waals surface area contributed by atoms with Gasteiger partial charge in [0.2, 0.25) is 0 Å². The number of hydrogen-bond acceptors (Lipinski definition) is 4. The number of carbonyl (C=O) groups excluding carboxylic acids is 1. The molecule has 0 atom stereocenters. The van der Waals surface area contributed by atoms with Crippen LogP contribution in [0.1, 0.15) is 21.6 Å². The first-order chi connectivity index (χ1) is 12.1. The van der Waals surface area contributed by atoms with Crippen LogP contribution in [0.3, 0.4) is 0 Å². The fraction of sp³-hybridized carbons (Fsp3) is 0.105. The topological polar surface area (TPSA) is 66.9 Å². The largest absolute Gasteiger partial charge is 0.347 e. The molecule has 3 rings (SSSR count). The van der Waals surface area contributed by atoms with Crippen molar-refractivity contribution in [3.05, 3.63) is 82.2 Å². The summed E-state index contributed by atoms with van der Waals surface area (Å²) in [7, 11) is 0. The molecule has 1 aromatic heterocycles. The zero-order valence-electron chi connectivity index (χ0n) is 13.7. The summed E-state index contributed by atoms with van der Waals surface area (Å²) in [4.78, 5) is 20.5. The first-order valence-electron chi connectivity index (χ1n) is 7.78. The van der Waals surface area contributed by atoms with E-state index in [0.29, 0.717) is 18.1 Å². The Bertz CT molecular complexity index is 863. The predicted octanol–water partition coefficient (Wildman–Crippen LogP) is 4.22. The van der Waals surface area contributed by atoms with E-state index in [9.17, 15) is 4.79 Å². The number of rotatable bonds is 5. The van der Waals surface area contributed by atoms with Gasteiger partial charge in [0.25, 0.3) is 5.91 Å². The molecule has 5 nitrogen and oxygen atoms in total. The lowest BCUT2D eigenvalue weighted by Gasteiger charge is -2.08. The molecule has 6 heteroatoms. The van der Waals surface area contributed by atoms with E-state index in [0.717, 1.165) is 15.7 Å². The quantitative estimate of drug-likeness (QED) is 0.677. The smallest absolute Gasteiger partial charge is 0.270 e. The molecule has 0 unspecified atom stereocenters. The predicted molar refractivity (Wildman–Crippen MR) is 102 cm³/mol. The minimum atomic E-state index is -0.234. The number of benzene rings is 2. The van der Waals surface area contributed by atoms with Gasteiger partial charge in [0.15, 0.2) is 0 Å². The van der Waals surface area contributed by atoms with E-state index in [1.165, 1.54) is 11.9 Å². The Labute approximate surface area is 154 Å². The summed E-state index contributed by atoms with van der Waals surface area (Å²) in [6.07, 6.45) is 1.38. The molecule has 0 fully saturated rings. The first kappa shape index (κ1) is 17.1. The highest BCUT2D eigenvalue weighted by atomic mass is 79.9. The maximum absolute atomic E-state index is 12.3. The number of nitrogens with zero attached hydrogens (tertiary/aromatic N) is 2. The van der Waals surface area contributed by atoms with Crippen molar-refractivity contribution >= 4 is 33.3 Å². The molecule has 0 bridgehead atoms. The van der Waals surface area contributed by atoms with E-state index in [-0.39, 0.29) is 5.91 Å². The minimum Gasteiger partial charge on any atom is -0.347 e. The second-order valence-corrected chi connectivity index (χ2v) is 6.50. The highest BCUT2D eigenvalue weighted by molar-refractivity contribution is 9.10. The Balaban J connectivity index is 1.64. The number of aryl methyl sites for hydroxylation is 1. The van der Waals surface area contributed by atoms with Gasteiger partial charge in [0, 0.05) is 22.8 Å². The molecule has 0 saturated heterocycles. The molecule has 2 aromatic carbocycles. The van der Waals surface area contributed by atoms with Crippen molar-refractivity contribution in [3.63, 3.8) is 0 Å². The summed E-state index contributed by atoms with van der Waals surface area (Å²) in [6, 6.07) is 17.4. The third-order valence-corrected chi connectivity index (χ3v) is 4.12. The van der Waals surface area contributed by atoms with Crippen LogP contribution >= 0.6 is 15.9 Å². The summed E-state index contributed by atoms with van der Waals surface area (Å²) in [5.41, 5.74) is 3.44. The molecule has 0 aliphatic carbocycles. The molecular weight excluding hydrogens is 380 g/mol. The van der Waals surface area contributed by atoms with Gasteiger partial charge in [-0.2, -0.15) is 0 Å². The average molecular weight is 397 g/mol. The maximum atomic E-state index is 12.3. The molecule has 1 heterocycles. The Morgan fingerprint density at radius 3 is 2.48 bits per heavy atom. The number of hydrogen-bond donors (Lipinski definition) is 2. The highest BCUT2D eigenvalue weighted by Gasteiger charge is 2.09. The second kappa shape index (κ2) is 7.90. The van der Waals surface area contributed by atoms with E-state index in [2.05, 4.69) is 36.5 Å². The Morgan fingerprint density at radius 1 is 1.04 bits per heavy atom. The van der Waals surface area contributed by atoms with E-state index in [4.69, 9.17) is 0 Å². The van der Waals surface area contributed by atoms with Crippen molar-refractivity contribution in [2.45, 2.75) is 13.5 Å². The molecular formula is C19H17BrN4O. The maximum Gasteiger partial charge on any atom is 0.270 e. The molecule has 0 aliphatic rings. The zero-order chi connectivity index (χ0) is 17.6. The number of halogens is 1. The van der Waals surface area contributed by atoms with E-state index in [1.807, 2.05) is 55.5 Å². The van der Waals surface area contributed by atoms with Crippen molar-refractivity contribution in [2.75, 3.05) is 5.32 Å². The molecule has 25 heavy (non-hydrogen) atoms. The Kier molecular flexibility index (Phi) is 5.40. The van der Waals surface area contributed by atoms with Crippen molar-refractivity contribution in [1.82, 2.24) is 15.3 Å². The third-order valence-electron chi connectivity index (χ3n) is 3.59. The minimum absolute atomic E-state index is 0.234. The zero-order valence-corrected chi connectivity index (χ0v) is 15.2. The lowest BCUT2D eigenvalue weighted by atomic mass is 10.1. The molecule has 1 amide bonds. The van der Waals surface area contributed by atoms with Crippen LogP contribution in [0.15, 0.2) is 65.4 Å². The standard InChI is InChI=1S/C19H17BrN4O/c1-13-2-4-14(5-3-13)11-21-19(25)17-10-18(23-12-22-17)24-16-8-6-15(20)7-9-16/h2-10,12H,11H2,1H3,(H,21,25)(H,22,23,24). The van der Waals surface area contributed by atoms with Crippen LogP contribution in [-0.2, 0) is 6.54 Å². The summed E-state index contributed by atoms with van der Waals surface area (Å²) in [6.45, 7) is 2.49. The van der Waals surface area contributed by atoms with E-state index in [1.54, 1.807) is 6.07 Å². The van der Waals surface area contributed by atoms with Gasteiger partial charge < -0.3 is 10.6 Å². The molecule has 3 aromatic rings. The normalized spacial score (nSPS) is 10.3. The highest BCUT2D eigenvalue weighted by Crippen LogP contribution is 2.18. The van der Waals surface area contributed by atoms with Gasteiger partial charge in [-0.05, 0) is 36.8 Å². The van der Waals surface area contributed by atoms with Crippen LogP contribution in [0.2, 0.25) is 0 Å². The summed E-state index contributed by atoms with van der Waals surface area (Å²) in [5.74, 6) is 0.333. The average Bonchev–Trinajstić information content (AvgIpc) is 2.63. The van der Waals surface area contributed by atoms with Crippen molar-refractivity contribution in [1.29, 1.82) is 0 Å². The van der Waals surface area contributed by atoms with Crippen molar-refractivity contribution < 1.29 is 4.79 Å². The molecule has 2 N–H and O–H groups in total. The summed E-state index contributed by atoms with van der Waals surface area (Å²) in [5, 5.41) is 6.02. The second-order valence-electron chi connectivity index (χ2n) is 5.59. The lowest BCUT2D eigenvalue weighted by molar-refractivity contribution is 0.0946. The number of aromatic nitrogens is 2. The SMILES string of the molecule is Cc1ccc(CNC(=O)c2cc(Nc3ccc(Br)cc3)ncn2)cc1. The Hall–Kier alpha value is -2.73. The van der Waals surface area contributed by atoms with Gasteiger partial charge >= 0.3 is 0 Å². The number of nitrogens with one attached hydrogen (secondary N) is 2. The third kappa shape index (κ3) is 4.87. The fourth-order valence-electron chi connectivity index (χ4n) is 2.21. The number of anilines is 2. The van der Waals surface area contributed by atoms with Crippen LogP contribution in [-0.4, -0.2) is 15.9 Å². The monoisotopic (exact) mass is 396 g/mol. The number of carbonyl (C=O) groups is 1. The summed E-state index contributed by atoms with van der Waals surface area (Å²) >= 11 is 3.40. The lowest BCUT2D eigenvalue weighted by Crippen LogP contribution is -2.24. The molecule has 126 valence electrons. The first-order valence-corrected chi connectivity index (χ1v) is 8.58. The number of amides is 1. The van der Waals surface area contributed by atoms with Crippen molar-refractivity contribution in [2.24, 2.45) is 0 Å².